The molecule has 7 nitrogen and oxygen atoms in total. The quantitative estimate of drug-likeness (QED) is 0.664. The van der Waals surface area contributed by atoms with Crippen LogP contribution in [0.2, 0.25) is 0 Å². The average Bonchev–Trinajstić information content (AvgIpc) is 2.60. The highest BCUT2D eigenvalue weighted by atomic mass is 32.2. The third-order valence-electron chi connectivity index (χ3n) is 2.37. The number of aromatic amines is 1. The number of aromatic nitrogens is 3. The molecule has 1 fully saturated rings. The third-order valence-corrected chi connectivity index (χ3v) is 5.65. The van der Waals surface area contributed by atoms with E-state index in [9.17, 15) is 18.3 Å². The van der Waals surface area contributed by atoms with E-state index < -0.39 is 21.2 Å². The maximum Gasteiger partial charge on any atom is 0.343 e. The summed E-state index contributed by atoms with van der Waals surface area (Å²) in [6.45, 7) is 0. The second-order valence-corrected chi connectivity index (χ2v) is 7.03. The molecule has 0 bridgehead atoms. The minimum atomic E-state index is -3.17. The average molecular weight is 265 g/mol. The van der Waals surface area contributed by atoms with Crippen molar-refractivity contribution in [3.05, 3.63) is 10.5 Å². The molecule has 16 heavy (non-hydrogen) atoms. The first-order chi connectivity index (χ1) is 7.39. The molecule has 0 aliphatic carbocycles. The van der Waals surface area contributed by atoms with Crippen LogP contribution in [-0.4, -0.2) is 51.1 Å². The van der Waals surface area contributed by atoms with Gasteiger partial charge in [-0.3, -0.25) is 4.57 Å². The Hall–Kier alpha value is -0.800. The lowest BCUT2D eigenvalue weighted by Gasteiger charge is -2.10. The largest absolute Gasteiger partial charge is 0.391 e. The Labute approximate surface area is 95.8 Å². The number of hydrogen-bond acceptors (Lipinski definition) is 6. The predicted molar refractivity (Wildman–Crippen MR) is 58.1 cm³/mol. The molecule has 0 spiro atoms. The van der Waals surface area contributed by atoms with Crippen molar-refractivity contribution in [2.24, 2.45) is 7.05 Å². The number of thioether (sulfide) groups is 1. The van der Waals surface area contributed by atoms with Crippen LogP contribution in [0.5, 0.6) is 0 Å². The molecule has 0 amide bonds. The summed E-state index contributed by atoms with van der Waals surface area (Å²) >= 11 is 1.10. The van der Waals surface area contributed by atoms with E-state index in [1.54, 1.807) is 0 Å². The SMILES string of the molecule is Cn1c(SC2CS(=O)(=O)CC2O)n[nH]c1=O. The summed E-state index contributed by atoms with van der Waals surface area (Å²) < 4.78 is 23.8. The van der Waals surface area contributed by atoms with Crippen molar-refractivity contribution in [3.8, 4) is 0 Å². The van der Waals surface area contributed by atoms with Crippen molar-refractivity contribution in [2.75, 3.05) is 11.5 Å². The molecule has 9 heteroatoms. The molecule has 2 atom stereocenters. The van der Waals surface area contributed by atoms with E-state index in [2.05, 4.69) is 10.2 Å². The molecule has 0 radical (unpaired) electrons. The van der Waals surface area contributed by atoms with Gasteiger partial charge in [0, 0.05) is 7.05 Å². The van der Waals surface area contributed by atoms with E-state index >= 15 is 0 Å². The molecule has 0 saturated carbocycles. The van der Waals surface area contributed by atoms with Crippen LogP contribution in [0.25, 0.3) is 0 Å². The molecule has 2 rings (SSSR count). The van der Waals surface area contributed by atoms with Gasteiger partial charge in [-0.2, -0.15) is 0 Å². The zero-order valence-electron chi connectivity index (χ0n) is 8.45. The van der Waals surface area contributed by atoms with Crippen molar-refractivity contribution in [1.29, 1.82) is 0 Å². The lowest BCUT2D eigenvalue weighted by atomic mass is 10.3. The zero-order chi connectivity index (χ0) is 11.9. The second-order valence-electron chi connectivity index (χ2n) is 3.67. The molecule has 0 aromatic carbocycles. The molecule has 1 aliphatic rings. The molecule has 1 aromatic rings. The highest BCUT2D eigenvalue weighted by Crippen LogP contribution is 2.28. The van der Waals surface area contributed by atoms with E-state index in [0.717, 1.165) is 11.8 Å². The summed E-state index contributed by atoms with van der Waals surface area (Å²) in [5.41, 5.74) is -0.363. The Morgan fingerprint density at radius 2 is 2.25 bits per heavy atom. The molecule has 2 N–H and O–H groups in total. The number of aliphatic hydroxyl groups is 1. The first kappa shape index (κ1) is 11.7. The van der Waals surface area contributed by atoms with E-state index in [-0.39, 0.29) is 17.2 Å². The maximum atomic E-state index is 11.3. The molecular weight excluding hydrogens is 254 g/mol. The number of nitrogens with zero attached hydrogens (tertiary/aromatic N) is 2. The van der Waals surface area contributed by atoms with E-state index in [1.807, 2.05) is 0 Å². The van der Waals surface area contributed by atoms with Crippen molar-refractivity contribution in [3.63, 3.8) is 0 Å². The van der Waals surface area contributed by atoms with Crippen molar-refractivity contribution in [2.45, 2.75) is 16.5 Å². The van der Waals surface area contributed by atoms with Gasteiger partial charge in [0.05, 0.1) is 22.9 Å². The van der Waals surface area contributed by atoms with Gasteiger partial charge in [0.15, 0.2) is 15.0 Å². The summed E-state index contributed by atoms with van der Waals surface area (Å²) in [7, 11) is -1.64. The van der Waals surface area contributed by atoms with Crippen LogP contribution in [0.3, 0.4) is 0 Å². The number of sulfone groups is 1. The van der Waals surface area contributed by atoms with E-state index in [1.165, 1.54) is 11.6 Å². The topological polar surface area (TPSA) is 105 Å². The molecule has 1 saturated heterocycles. The van der Waals surface area contributed by atoms with Gasteiger partial charge < -0.3 is 5.11 Å². The Morgan fingerprint density at radius 1 is 1.56 bits per heavy atom. The fraction of sp³-hybridized carbons (Fsp3) is 0.714. The molecule has 1 aliphatic heterocycles. The molecule has 2 unspecified atom stereocenters. The Kier molecular flexibility index (Phi) is 2.84. The van der Waals surface area contributed by atoms with Gasteiger partial charge in [-0.15, -0.1) is 5.10 Å². The molecule has 2 heterocycles. The van der Waals surface area contributed by atoms with Crippen molar-refractivity contribution < 1.29 is 13.5 Å². The van der Waals surface area contributed by atoms with Gasteiger partial charge in [-0.25, -0.2) is 18.3 Å². The Morgan fingerprint density at radius 3 is 2.69 bits per heavy atom. The van der Waals surface area contributed by atoms with E-state index in [4.69, 9.17) is 0 Å². The van der Waals surface area contributed by atoms with Crippen molar-refractivity contribution in [1.82, 2.24) is 14.8 Å². The number of aliphatic hydroxyl groups excluding tert-OH is 1. The first-order valence-corrected chi connectivity index (χ1v) is 7.26. The normalized spacial score (nSPS) is 28.4. The minimum Gasteiger partial charge on any atom is -0.391 e. The highest BCUT2D eigenvalue weighted by Gasteiger charge is 2.37. The number of H-pyrrole nitrogens is 1. The summed E-state index contributed by atoms with van der Waals surface area (Å²) in [6, 6.07) is 0. The van der Waals surface area contributed by atoms with Gasteiger partial charge >= 0.3 is 5.69 Å². The summed E-state index contributed by atoms with van der Waals surface area (Å²) in [4.78, 5) is 11.1. The molecule has 1 aromatic heterocycles. The van der Waals surface area contributed by atoms with Crippen LogP contribution in [0, 0.1) is 0 Å². The Balaban J connectivity index is 2.18. The smallest absolute Gasteiger partial charge is 0.343 e. The van der Waals surface area contributed by atoms with Crippen LogP contribution < -0.4 is 5.69 Å². The minimum absolute atomic E-state index is 0.0834. The molecule has 90 valence electrons. The fourth-order valence-corrected chi connectivity index (χ4v) is 4.97. The predicted octanol–water partition coefficient (Wildman–Crippen LogP) is -1.64. The zero-order valence-corrected chi connectivity index (χ0v) is 10.1. The number of rotatable bonds is 2. The summed E-state index contributed by atoms with van der Waals surface area (Å²) in [5, 5.41) is 15.5. The lowest BCUT2D eigenvalue weighted by Crippen LogP contribution is -2.21. The van der Waals surface area contributed by atoms with Crippen LogP contribution >= 0.6 is 11.8 Å². The van der Waals surface area contributed by atoms with Gasteiger partial charge in [0.2, 0.25) is 0 Å². The van der Waals surface area contributed by atoms with Gasteiger partial charge in [0.1, 0.15) is 0 Å². The van der Waals surface area contributed by atoms with Crippen LogP contribution in [0.15, 0.2) is 9.95 Å². The monoisotopic (exact) mass is 265 g/mol. The van der Waals surface area contributed by atoms with Gasteiger partial charge in [-0.1, -0.05) is 11.8 Å². The van der Waals surface area contributed by atoms with Crippen LogP contribution in [-0.2, 0) is 16.9 Å². The summed E-state index contributed by atoms with van der Waals surface area (Å²) in [6.07, 6.45) is -0.901. The number of nitrogens with one attached hydrogen (secondary N) is 1. The third kappa shape index (κ3) is 2.15. The van der Waals surface area contributed by atoms with Gasteiger partial charge in [0.25, 0.3) is 0 Å². The highest BCUT2D eigenvalue weighted by molar-refractivity contribution is 8.01. The van der Waals surface area contributed by atoms with Crippen LogP contribution in [0.4, 0.5) is 0 Å². The van der Waals surface area contributed by atoms with Crippen molar-refractivity contribution >= 4 is 21.6 Å². The van der Waals surface area contributed by atoms with Crippen LogP contribution in [0.1, 0.15) is 0 Å². The first-order valence-electron chi connectivity index (χ1n) is 4.55. The standard InChI is InChI=1S/C7H11N3O4S2/c1-10-6(12)8-9-7(10)15-5-3-16(13,14)2-4(5)11/h4-5,11H,2-3H2,1H3,(H,8,12). The van der Waals surface area contributed by atoms with Gasteiger partial charge in [-0.05, 0) is 0 Å². The number of hydrogen-bond donors (Lipinski definition) is 2. The fourth-order valence-electron chi connectivity index (χ4n) is 1.48. The van der Waals surface area contributed by atoms with E-state index in [0.29, 0.717) is 5.16 Å². The maximum absolute atomic E-state index is 11.3. The second kappa shape index (κ2) is 3.90. The Bertz CT molecular complexity index is 546. The lowest BCUT2D eigenvalue weighted by molar-refractivity contribution is 0.207. The summed E-state index contributed by atoms with van der Waals surface area (Å²) in [5.74, 6) is -0.303. The molecular formula is C7H11N3O4S2.